The van der Waals surface area contributed by atoms with Gasteiger partial charge in [-0.1, -0.05) is 26.0 Å². The number of guanidine groups is 1. The maximum Gasteiger partial charge on any atom is 0.191 e. The number of aliphatic imine (C=N–C) groups is 1. The molecule has 0 fully saturated rings. The van der Waals surface area contributed by atoms with Crippen molar-refractivity contribution in [3.8, 4) is 0 Å². The van der Waals surface area contributed by atoms with Crippen molar-refractivity contribution in [2.24, 2.45) is 10.9 Å². The maximum absolute atomic E-state index is 4.59. The Morgan fingerprint density at radius 1 is 1.26 bits per heavy atom. The Morgan fingerprint density at radius 3 is 2.61 bits per heavy atom. The van der Waals surface area contributed by atoms with Gasteiger partial charge in [0.15, 0.2) is 5.96 Å². The quantitative estimate of drug-likeness (QED) is 0.436. The first kappa shape index (κ1) is 19.7. The molecule has 0 spiro atoms. The number of benzene rings is 1. The number of aryl methyl sites for hydroxylation is 1. The van der Waals surface area contributed by atoms with Crippen LogP contribution in [0.4, 0.5) is 0 Å². The lowest BCUT2D eigenvalue weighted by atomic mass is 10.1. The minimum absolute atomic E-state index is 0. The van der Waals surface area contributed by atoms with Crippen molar-refractivity contribution in [3.63, 3.8) is 0 Å². The van der Waals surface area contributed by atoms with Crippen molar-refractivity contribution < 1.29 is 0 Å². The number of nitrogens with zero attached hydrogens (tertiary/aromatic N) is 3. The smallest absolute Gasteiger partial charge is 0.191 e. The van der Waals surface area contributed by atoms with Crippen LogP contribution in [0.15, 0.2) is 29.3 Å². The Labute approximate surface area is 156 Å². The molecule has 0 aliphatic heterocycles. The fourth-order valence-corrected chi connectivity index (χ4v) is 2.34. The van der Waals surface area contributed by atoms with E-state index in [0.717, 1.165) is 30.4 Å². The van der Waals surface area contributed by atoms with E-state index >= 15 is 0 Å². The summed E-state index contributed by atoms with van der Waals surface area (Å²) < 4.78 is 2.24. The molecule has 0 saturated carbocycles. The van der Waals surface area contributed by atoms with Crippen LogP contribution in [0.5, 0.6) is 0 Å². The second-order valence-corrected chi connectivity index (χ2v) is 5.98. The van der Waals surface area contributed by atoms with Gasteiger partial charge >= 0.3 is 0 Å². The van der Waals surface area contributed by atoms with E-state index in [0.29, 0.717) is 12.0 Å². The molecule has 23 heavy (non-hydrogen) atoms. The molecule has 1 aromatic heterocycles. The van der Waals surface area contributed by atoms with E-state index in [9.17, 15) is 0 Å². The minimum Gasteiger partial charge on any atom is -0.355 e. The zero-order valence-electron chi connectivity index (χ0n) is 14.6. The second kappa shape index (κ2) is 9.10. The molecule has 2 N–H and O–H groups in total. The van der Waals surface area contributed by atoms with Gasteiger partial charge in [-0.15, -0.1) is 24.0 Å². The van der Waals surface area contributed by atoms with Crippen LogP contribution in [0, 0.1) is 12.8 Å². The molecule has 1 unspecified atom stereocenters. The van der Waals surface area contributed by atoms with Gasteiger partial charge in [-0.25, -0.2) is 4.98 Å². The van der Waals surface area contributed by atoms with Gasteiger partial charge in [0.2, 0.25) is 0 Å². The van der Waals surface area contributed by atoms with Gasteiger partial charge in [0.05, 0.1) is 11.0 Å². The normalized spacial score (nSPS) is 13.0. The summed E-state index contributed by atoms with van der Waals surface area (Å²) in [6.07, 6.45) is 0. The first-order valence-electron chi connectivity index (χ1n) is 7.92. The number of para-hydroxylation sites is 2. The molecule has 0 aliphatic rings. The minimum atomic E-state index is 0. The summed E-state index contributed by atoms with van der Waals surface area (Å²) in [6.45, 7) is 10.3. The Balaban J connectivity index is 0.00000264. The first-order valence-corrected chi connectivity index (χ1v) is 7.92. The van der Waals surface area contributed by atoms with Crippen LogP contribution in [0.2, 0.25) is 0 Å². The molecular formula is C17H28IN5. The second-order valence-electron chi connectivity index (χ2n) is 5.98. The van der Waals surface area contributed by atoms with E-state index in [-0.39, 0.29) is 24.0 Å². The van der Waals surface area contributed by atoms with Crippen molar-refractivity contribution in [1.29, 1.82) is 0 Å². The van der Waals surface area contributed by atoms with Crippen LogP contribution in [0.3, 0.4) is 0 Å². The summed E-state index contributed by atoms with van der Waals surface area (Å²) in [6, 6.07) is 8.64. The molecule has 1 aromatic carbocycles. The summed E-state index contributed by atoms with van der Waals surface area (Å²) in [7, 11) is 1.81. The van der Waals surface area contributed by atoms with Gasteiger partial charge in [0.1, 0.15) is 5.82 Å². The molecule has 0 saturated heterocycles. The monoisotopic (exact) mass is 429 g/mol. The molecular weight excluding hydrogens is 401 g/mol. The molecule has 0 aliphatic carbocycles. The summed E-state index contributed by atoms with van der Waals surface area (Å²) in [5.74, 6) is 2.46. The molecule has 2 aromatic rings. The summed E-state index contributed by atoms with van der Waals surface area (Å²) in [5, 5.41) is 6.79. The van der Waals surface area contributed by atoms with Crippen LogP contribution in [-0.4, -0.2) is 35.1 Å². The van der Waals surface area contributed by atoms with Gasteiger partial charge in [-0.2, -0.15) is 0 Å². The third-order valence-electron chi connectivity index (χ3n) is 4.06. The number of fused-ring (bicyclic) bond motifs is 1. The Hall–Kier alpha value is -1.31. The zero-order valence-corrected chi connectivity index (χ0v) is 17.0. The molecule has 5 nitrogen and oxygen atoms in total. The summed E-state index contributed by atoms with van der Waals surface area (Å²) in [5.41, 5.74) is 2.23. The Kier molecular flexibility index (Phi) is 7.81. The SMILES string of the molecule is CN=C(NCCn1c(C)nc2ccccc21)NC(C)C(C)C.I. The molecule has 128 valence electrons. The van der Waals surface area contributed by atoms with Gasteiger partial charge in [-0.05, 0) is 31.9 Å². The molecule has 0 bridgehead atoms. The van der Waals surface area contributed by atoms with E-state index in [1.165, 1.54) is 5.52 Å². The number of aromatic nitrogens is 2. The maximum atomic E-state index is 4.59. The number of rotatable bonds is 5. The fraction of sp³-hybridized carbons (Fsp3) is 0.529. The van der Waals surface area contributed by atoms with Crippen LogP contribution >= 0.6 is 24.0 Å². The number of hydrogen-bond donors (Lipinski definition) is 2. The van der Waals surface area contributed by atoms with Crippen molar-refractivity contribution in [2.75, 3.05) is 13.6 Å². The summed E-state index contributed by atoms with van der Waals surface area (Å²) >= 11 is 0. The number of imidazole rings is 1. The van der Waals surface area contributed by atoms with Crippen LogP contribution < -0.4 is 10.6 Å². The van der Waals surface area contributed by atoms with E-state index < -0.39 is 0 Å². The number of halogens is 1. The molecule has 2 rings (SSSR count). The Morgan fingerprint density at radius 2 is 1.96 bits per heavy atom. The van der Waals surface area contributed by atoms with Crippen molar-refractivity contribution >= 4 is 41.0 Å². The van der Waals surface area contributed by atoms with Gasteiger partial charge in [-0.3, -0.25) is 4.99 Å². The molecule has 0 amide bonds. The van der Waals surface area contributed by atoms with Crippen molar-refractivity contribution in [1.82, 2.24) is 20.2 Å². The zero-order chi connectivity index (χ0) is 16.1. The van der Waals surface area contributed by atoms with Crippen LogP contribution in [0.1, 0.15) is 26.6 Å². The largest absolute Gasteiger partial charge is 0.355 e. The summed E-state index contributed by atoms with van der Waals surface area (Å²) in [4.78, 5) is 8.88. The lowest BCUT2D eigenvalue weighted by Gasteiger charge is -2.21. The fourth-order valence-electron chi connectivity index (χ4n) is 2.34. The van der Waals surface area contributed by atoms with E-state index in [4.69, 9.17) is 0 Å². The highest BCUT2D eigenvalue weighted by molar-refractivity contribution is 14.0. The van der Waals surface area contributed by atoms with Crippen LogP contribution in [-0.2, 0) is 6.54 Å². The van der Waals surface area contributed by atoms with E-state index in [2.05, 4.69) is 64.1 Å². The predicted molar refractivity (Wildman–Crippen MR) is 109 cm³/mol. The Bertz CT molecular complexity index is 647. The molecule has 1 heterocycles. The molecule has 6 heteroatoms. The van der Waals surface area contributed by atoms with Crippen LogP contribution in [0.25, 0.3) is 11.0 Å². The highest BCUT2D eigenvalue weighted by Gasteiger charge is 2.09. The number of hydrogen-bond acceptors (Lipinski definition) is 2. The molecule has 1 atom stereocenters. The molecule has 0 radical (unpaired) electrons. The average molecular weight is 429 g/mol. The van der Waals surface area contributed by atoms with Crippen molar-refractivity contribution in [2.45, 2.75) is 40.3 Å². The van der Waals surface area contributed by atoms with Gasteiger partial charge in [0.25, 0.3) is 0 Å². The topological polar surface area (TPSA) is 54.2 Å². The predicted octanol–water partition coefficient (Wildman–Crippen LogP) is 3.17. The lowest BCUT2D eigenvalue weighted by molar-refractivity contribution is 0.480. The van der Waals surface area contributed by atoms with Gasteiger partial charge in [0, 0.05) is 26.2 Å². The third kappa shape index (κ3) is 5.09. The van der Waals surface area contributed by atoms with Gasteiger partial charge < -0.3 is 15.2 Å². The average Bonchev–Trinajstić information content (AvgIpc) is 2.81. The first-order chi connectivity index (χ1) is 10.5. The number of nitrogens with one attached hydrogen (secondary N) is 2. The van der Waals surface area contributed by atoms with E-state index in [1.54, 1.807) is 7.05 Å². The van der Waals surface area contributed by atoms with Crippen molar-refractivity contribution in [3.05, 3.63) is 30.1 Å². The highest BCUT2D eigenvalue weighted by Crippen LogP contribution is 2.14. The third-order valence-corrected chi connectivity index (χ3v) is 4.06. The van der Waals surface area contributed by atoms with E-state index in [1.807, 2.05) is 13.0 Å². The lowest BCUT2D eigenvalue weighted by Crippen LogP contribution is -2.45. The standard InChI is InChI=1S/C17H27N5.HI/c1-12(2)13(3)20-17(18-5)19-10-11-22-14(4)21-15-8-6-7-9-16(15)22;/h6-9,12-13H,10-11H2,1-5H3,(H2,18,19,20);1H. The highest BCUT2D eigenvalue weighted by atomic mass is 127.